The van der Waals surface area contributed by atoms with Crippen LogP contribution >= 0.6 is 11.6 Å². The van der Waals surface area contributed by atoms with E-state index in [9.17, 15) is 13.6 Å². The molecule has 1 saturated heterocycles. The number of nitrogens with two attached hydrogens (primary N) is 1. The topological polar surface area (TPSA) is 109 Å². The van der Waals surface area contributed by atoms with Crippen LogP contribution in [0.1, 0.15) is 12.0 Å². The Balaban J connectivity index is 1.77. The van der Waals surface area contributed by atoms with E-state index in [0.717, 1.165) is 0 Å². The minimum atomic E-state index is -2.91. The molecular weight excluding hydrogens is 394 g/mol. The minimum Gasteiger partial charge on any atom is -0.434 e. The number of anilines is 1. The summed E-state index contributed by atoms with van der Waals surface area (Å²) in [7, 11) is 0. The Bertz CT molecular complexity index is 963. The van der Waals surface area contributed by atoms with Gasteiger partial charge in [-0.1, -0.05) is 29.8 Å². The molecule has 0 unspecified atom stereocenters. The van der Waals surface area contributed by atoms with Gasteiger partial charge in [0.15, 0.2) is 0 Å². The highest BCUT2D eigenvalue weighted by Gasteiger charge is 2.24. The van der Waals surface area contributed by atoms with E-state index in [4.69, 9.17) is 17.4 Å². The van der Waals surface area contributed by atoms with Gasteiger partial charge < -0.3 is 15.5 Å². The zero-order chi connectivity index (χ0) is 20.1. The van der Waals surface area contributed by atoms with Crippen LogP contribution in [0.4, 0.5) is 14.5 Å². The van der Waals surface area contributed by atoms with E-state index in [-0.39, 0.29) is 23.9 Å². The van der Waals surface area contributed by atoms with Gasteiger partial charge >= 0.3 is 6.61 Å². The van der Waals surface area contributed by atoms with Gasteiger partial charge in [-0.25, -0.2) is 5.10 Å². The monoisotopic (exact) mass is 410 g/mol. The van der Waals surface area contributed by atoms with Gasteiger partial charge in [0, 0.05) is 18.5 Å². The number of piperidine rings is 1. The van der Waals surface area contributed by atoms with E-state index in [1.54, 1.807) is 18.2 Å². The zero-order valence-electron chi connectivity index (χ0n) is 14.6. The van der Waals surface area contributed by atoms with Crippen LogP contribution in [0.15, 0.2) is 45.4 Å². The summed E-state index contributed by atoms with van der Waals surface area (Å²) < 4.78 is 29.6. The summed E-state index contributed by atoms with van der Waals surface area (Å²) in [6.07, 6.45) is 1.94. The van der Waals surface area contributed by atoms with Crippen molar-refractivity contribution in [2.24, 2.45) is 15.9 Å². The summed E-state index contributed by atoms with van der Waals surface area (Å²) in [5.41, 5.74) is 1.67. The fraction of sp³-hybridized carbons (Fsp3) is 0.294. The highest BCUT2D eigenvalue weighted by molar-refractivity contribution is 6.44. The quantitative estimate of drug-likeness (QED) is 0.580. The van der Waals surface area contributed by atoms with Crippen molar-refractivity contribution in [1.29, 1.82) is 0 Å². The largest absolute Gasteiger partial charge is 0.434 e. The third kappa shape index (κ3) is 4.45. The Labute approximate surface area is 163 Å². The van der Waals surface area contributed by atoms with Gasteiger partial charge in [0.05, 0.1) is 30.7 Å². The van der Waals surface area contributed by atoms with Crippen molar-refractivity contribution in [2.45, 2.75) is 19.6 Å². The predicted octanol–water partition coefficient (Wildman–Crippen LogP) is 2.19. The maximum absolute atomic E-state index is 12.5. The van der Waals surface area contributed by atoms with Crippen molar-refractivity contribution in [2.75, 3.05) is 18.0 Å². The molecule has 0 amide bonds. The lowest BCUT2D eigenvalue weighted by molar-refractivity contribution is -0.0504. The van der Waals surface area contributed by atoms with Crippen LogP contribution in [0.3, 0.4) is 0 Å². The van der Waals surface area contributed by atoms with Crippen molar-refractivity contribution in [1.82, 2.24) is 10.2 Å². The van der Waals surface area contributed by atoms with Crippen molar-refractivity contribution >= 4 is 28.7 Å². The van der Waals surface area contributed by atoms with Gasteiger partial charge in [0.25, 0.3) is 5.56 Å². The van der Waals surface area contributed by atoms with E-state index in [1.807, 2.05) is 4.90 Å². The number of alkyl halides is 2. The number of nitrogens with one attached hydrogen (secondary N) is 1. The molecular formula is C17H17ClF2N6O2. The lowest BCUT2D eigenvalue weighted by atomic mass is 10.1. The molecule has 0 bridgehead atoms. The van der Waals surface area contributed by atoms with Crippen LogP contribution in [0.5, 0.6) is 5.75 Å². The number of aromatic nitrogens is 2. The zero-order valence-corrected chi connectivity index (χ0v) is 15.4. The molecule has 2 heterocycles. The molecule has 1 aromatic carbocycles. The molecule has 148 valence electrons. The van der Waals surface area contributed by atoms with Crippen molar-refractivity contribution in [3.05, 3.63) is 51.4 Å². The second kappa shape index (κ2) is 8.79. The fourth-order valence-corrected chi connectivity index (χ4v) is 3.06. The molecule has 3 N–H and O–H groups in total. The molecule has 0 atom stereocenters. The molecule has 8 nitrogen and oxygen atoms in total. The Kier molecular flexibility index (Phi) is 6.19. The predicted molar refractivity (Wildman–Crippen MR) is 103 cm³/mol. The van der Waals surface area contributed by atoms with Gasteiger partial charge in [0.2, 0.25) is 0 Å². The molecule has 1 aliphatic heterocycles. The molecule has 2 aromatic rings. The highest BCUT2D eigenvalue weighted by atomic mass is 35.5. The number of para-hydroxylation sites is 1. The molecule has 0 radical (unpaired) electrons. The second-order valence-electron chi connectivity index (χ2n) is 5.89. The van der Waals surface area contributed by atoms with Crippen LogP contribution in [0.25, 0.3) is 0 Å². The van der Waals surface area contributed by atoms with Gasteiger partial charge in [-0.15, -0.1) is 0 Å². The molecule has 3 rings (SSSR count). The Morgan fingerprint density at radius 2 is 2.14 bits per heavy atom. The number of ether oxygens (including phenoxy) is 1. The van der Waals surface area contributed by atoms with Gasteiger partial charge in [-0.05, 0) is 6.07 Å². The van der Waals surface area contributed by atoms with Crippen LogP contribution in [-0.2, 0) is 6.54 Å². The molecule has 0 aliphatic carbocycles. The molecule has 0 spiro atoms. The van der Waals surface area contributed by atoms with Gasteiger partial charge in [-0.2, -0.15) is 19.0 Å². The molecule has 0 saturated carbocycles. The number of nitrogens with zero attached hydrogens (tertiary/aromatic N) is 4. The lowest BCUT2D eigenvalue weighted by Gasteiger charge is -2.30. The molecule has 11 heteroatoms. The first-order valence-corrected chi connectivity index (χ1v) is 8.68. The summed E-state index contributed by atoms with van der Waals surface area (Å²) in [6.45, 7) is -1.97. The number of halogens is 3. The SMILES string of the molecule is N/N=C1/CN(c2cn[nH]c(=O)c2Cl)CCC1=NCc1ccccc1OC(F)F. The van der Waals surface area contributed by atoms with Crippen LogP contribution in [0, 0.1) is 0 Å². The summed E-state index contributed by atoms with van der Waals surface area (Å²) in [5.74, 6) is 5.58. The van der Waals surface area contributed by atoms with Crippen LogP contribution < -0.4 is 21.0 Å². The van der Waals surface area contributed by atoms with E-state index < -0.39 is 12.2 Å². The Hall–Kier alpha value is -3.01. The average Bonchev–Trinajstić information content (AvgIpc) is 2.69. The first-order valence-electron chi connectivity index (χ1n) is 8.31. The summed E-state index contributed by atoms with van der Waals surface area (Å²) >= 11 is 6.05. The van der Waals surface area contributed by atoms with E-state index >= 15 is 0 Å². The summed E-state index contributed by atoms with van der Waals surface area (Å²) in [6, 6.07) is 6.46. The third-order valence-electron chi connectivity index (χ3n) is 4.19. The molecule has 28 heavy (non-hydrogen) atoms. The Morgan fingerprint density at radius 3 is 2.89 bits per heavy atom. The standard InChI is InChI=1S/C17H17ClF2N6O2/c18-15-13(8-23-25-16(15)27)26-6-5-11(12(9-26)24-21)22-7-10-3-1-2-4-14(10)28-17(19)20/h1-4,8,17H,5-7,9,21H2,(H,25,27)/b22-11?,24-12-. The Morgan fingerprint density at radius 1 is 1.36 bits per heavy atom. The minimum absolute atomic E-state index is 0.0323. The number of aliphatic imine (C=N–C) groups is 1. The number of hydrogen-bond acceptors (Lipinski definition) is 7. The fourth-order valence-electron chi connectivity index (χ4n) is 2.85. The number of benzene rings is 1. The van der Waals surface area contributed by atoms with Crippen molar-refractivity contribution in [3.63, 3.8) is 0 Å². The van der Waals surface area contributed by atoms with Gasteiger partial charge in [0.1, 0.15) is 16.5 Å². The number of H-pyrrole nitrogens is 1. The van der Waals surface area contributed by atoms with Crippen molar-refractivity contribution in [3.8, 4) is 5.75 Å². The van der Waals surface area contributed by atoms with Crippen LogP contribution in [-0.4, -0.2) is 41.3 Å². The smallest absolute Gasteiger partial charge is 0.387 e. The molecule has 1 aromatic heterocycles. The van der Waals surface area contributed by atoms with E-state index in [1.165, 1.54) is 12.3 Å². The second-order valence-corrected chi connectivity index (χ2v) is 6.27. The maximum Gasteiger partial charge on any atom is 0.387 e. The summed E-state index contributed by atoms with van der Waals surface area (Å²) in [5, 5.41) is 9.84. The maximum atomic E-state index is 12.5. The van der Waals surface area contributed by atoms with Crippen LogP contribution in [0.2, 0.25) is 5.02 Å². The average molecular weight is 411 g/mol. The highest BCUT2D eigenvalue weighted by Crippen LogP contribution is 2.24. The number of hydrazone groups is 1. The number of rotatable bonds is 5. The molecule has 1 fully saturated rings. The number of aromatic amines is 1. The first-order chi connectivity index (χ1) is 13.5. The number of hydrogen-bond donors (Lipinski definition) is 2. The summed E-state index contributed by atoms with van der Waals surface area (Å²) in [4.78, 5) is 17.9. The van der Waals surface area contributed by atoms with Crippen molar-refractivity contribution < 1.29 is 13.5 Å². The van der Waals surface area contributed by atoms with E-state index in [2.05, 4.69) is 25.0 Å². The molecule has 1 aliphatic rings. The third-order valence-corrected chi connectivity index (χ3v) is 4.56. The normalized spacial score (nSPS) is 17.5. The first kappa shape index (κ1) is 19.7. The van der Waals surface area contributed by atoms with Gasteiger partial charge in [-0.3, -0.25) is 9.79 Å². The lowest BCUT2D eigenvalue weighted by Crippen LogP contribution is -2.42. The van der Waals surface area contributed by atoms with E-state index in [0.29, 0.717) is 35.6 Å².